The zero-order valence-corrected chi connectivity index (χ0v) is 15.5. The van der Waals surface area contributed by atoms with E-state index >= 15 is 0 Å². The summed E-state index contributed by atoms with van der Waals surface area (Å²) >= 11 is 3.09. The van der Waals surface area contributed by atoms with Crippen molar-refractivity contribution < 1.29 is 40.1 Å². The van der Waals surface area contributed by atoms with Gasteiger partial charge in [-0.3, -0.25) is 4.98 Å². The molecule has 1 aliphatic heterocycles. The Balaban J connectivity index is 0.00000176. The van der Waals surface area contributed by atoms with E-state index in [1.54, 1.807) is 6.07 Å². The van der Waals surface area contributed by atoms with Crippen LogP contribution in [0.2, 0.25) is 0 Å². The van der Waals surface area contributed by atoms with Crippen LogP contribution in [-0.2, 0) is 33.2 Å². The molecule has 0 bridgehead atoms. The molecule has 0 saturated heterocycles. The van der Waals surface area contributed by atoms with Crippen molar-refractivity contribution >= 4 is 28.4 Å². The molecule has 0 fully saturated rings. The zero-order chi connectivity index (χ0) is 15.2. The molecule has 114 valence electrons. The van der Waals surface area contributed by atoms with Gasteiger partial charge in [0, 0.05) is 31.1 Å². The molecule has 2 aromatic rings. The van der Waals surface area contributed by atoms with Crippen molar-refractivity contribution in [3.05, 3.63) is 58.1 Å². The van der Waals surface area contributed by atoms with Crippen LogP contribution in [0.3, 0.4) is 0 Å². The number of nitrogens with zero attached hydrogens (tertiary/aromatic N) is 2. The molecule has 0 radical (unpaired) electrons. The summed E-state index contributed by atoms with van der Waals surface area (Å²) in [6.07, 6.45) is 1.35. The Morgan fingerprint density at radius 3 is 2.82 bits per heavy atom. The fraction of sp³-hybridized carbons (Fsp3) is 0.154. The van der Waals surface area contributed by atoms with Gasteiger partial charge in [0.05, 0.1) is 6.54 Å². The Morgan fingerprint density at radius 1 is 1.45 bits per heavy atom. The van der Waals surface area contributed by atoms with Crippen LogP contribution in [0, 0.1) is 11.9 Å². The summed E-state index contributed by atoms with van der Waals surface area (Å²) in [6, 6.07) is 8.14. The van der Waals surface area contributed by atoms with Gasteiger partial charge in [0.25, 0.3) is 0 Å². The molecular formula is C13H9BBrF2N2O2W-. The van der Waals surface area contributed by atoms with Crippen molar-refractivity contribution in [2.24, 2.45) is 0 Å². The molecule has 1 aliphatic rings. The molecule has 0 amide bonds. The topological polar surface area (TPSA) is 56.6 Å². The fourth-order valence-electron chi connectivity index (χ4n) is 2.40. The Bertz CT molecular complexity index is 697. The van der Waals surface area contributed by atoms with Gasteiger partial charge in [-0.1, -0.05) is 22.1 Å². The van der Waals surface area contributed by atoms with E-state index in [2.05, 4.69) is 27.0 Å². The van der Waals surface area contributed by atoms with E-state index in [-0.39, 0.29) is 44.3 Å². The minimum atomic E-state index is -2.42. The minimum Gasteiger partial charge on any atom is -0.373 e. The van der Waals surface area contributed by atoms with Gasteiger partial charge in [-0.15, -0.1) is 0 Å². The molecule has 1 aromatic carbocycles. The maximum Gasteiger partial charge on any atom is 0.437 e. The summed E-state index contributed by atoms with van der Waals surface area (Å²) in [4.78, 5) is 3.84. The van der Waals surface area contributed by atoms with Gasteiger partial charge >= 0.3 is 6.99 Å². The van der Waals surface area contributed by atoms with Crippen molar-refractivity contribution in [2.45, 2.75) is 12.2 Å². The maximum atomic E-state index is 14.8. The first-order valence-electron chi connectivity index (χ1n) is 6.08. The predicted octanol–water partition coefficient (Wildman–Crippen LogP) is 1.54. The Labute approximate surface area is 148 Å². The number of hydroxylamine groups is 2. The largest absolute Gasteiger partial charge is 0.437 e. The third-order valence-corrected chi connectivity index (χ3v) is 3.93. The standard InChI is InChI=1S/C13H9BBrF2N2O2.W/c15-8-5-10-9(11(16)6-8)7-19(21)13(20,14(10)17)12-3-1-2-4-18-12;/h1-2,4-6,20-21H,7H2;/q-1;. The summed E-state index contributed by atoms with van der Waals surface area (Å²) in [5, 5.41) is 20.9. The second-order valence-corrected chi connectivity index (χ2v) is 5.65. The van der Waals surface area contributed by atoms with Crippen molar-refractivity contribution in [3.63, 3.8) is 0 Å². The summed E-state index contributed by atoms with van der Waals surface area (Å²) < 4.78 is 29.1. The van der Waals surface area contributed by atoms with E-state index in [4.69, 9.17) is 0 Å². The molecule has 2 heterocycles. The number of halogens is 3. The quantitative estimate of drug-likeness (QED) is 0.428. The van der Waals surface area contributed by atoms with Crippen LogP contribution >= 0.6 is 15.9 Å². The third-order valence-electron chi connectivity index (χ3n) is 3.48. The monoisotopic (exact) mass is 537 g/mol. The first-order chi connectivity index (χ1) is 9.94. The number of aromatic nitrogens is 1. The smallest absolute Gasteiger partial charge is 0.373 e. The molecule has 1 atom stereocenters. The van der Waals surface area contributed by atoms with Gasteiger partial charge in [0.1, 0.15) is 5.82 Å². The van der Waals surface area contributed by atoms with Gasteiger partial charge in [-0.2, -0.15) is 11.1 Å². The van der Waals surface area contributed by atoms with E-state index < -0.39 is 18.4 Å². The van der Waals surface area contributed by atoms with Gasteiger partial charge < -0.3 is 14.6 Å². The zero-order valence-electron chi connectivity index (χ0n) is 11.0. The molecule has 0 spiro atoms. The molecule has 0 aliphatic carbocycles. The van der Waals surface area contributed by atoms with Crippen molar-refractivity contribution in [1.29, 1.82) is 0 Å². The third kappa shape index (κ3) is 2.67. The molecule has 1 unspecified atom stereocenters. The van der Waals surface area contributed by atoms with E-state index in [9.17, 15) is 19.0 Å². The van der Waals surface area contributed by atoms with Crippen LogP contribution in [0.15, 0.2) is 34.9 Å². The van der Waals surface area contributed by atoms with E-state index in [0.717, 1.165) is 0 Å². The number of fused-ring (bicyclic) bond motifs is 1. The van der Waals surface area contributed by atoms with Crippen LogP contribution in [0.4, 0.5) is 8.71 Å². The summed E-state index contributed by atoms with van der Waals surface area (Å²) in [5.41, 5.74) is -2.63. The predicted molar refractivity (Wildman–Crippen MR) is 74.9 cm³/mol. The molecule has 0 saturated carbocycles. The normalized spacial score (nSPS) is 21.2. The molecule has 3 rings (SSSR count). The number of aliphatic hydroxyl groups is 1. The average Bonchev–Trinajstić information content (AvgIpc) is 2.47. The number of hydrogen-bond donors (Lipinski definition) is 2. The summed E-state index contributed by atoms with van der Waals surface area (Å²) in [5.74, 6) is -0.659. The molecule has 4 nitrogen and oxygen atoms in total. The average molecular weight is 538 g/mol. The second-order valence-electron chi connectivity index (χ2n) is 4.73. The van der Waals surface area contributed by atoms with Crippen molar-refractivity contribution in [2.75, 3.05) is 0 Å². The second kappa shape index (κ2) is 6.45. The molecular weight excluding hydrogens is 529 g/mol. The van der Waals surface area contributed by atoms with Crippen LogP contribution in [0.1, 0.15) is 11.3 Å². The molecule has 1 aromatic heterocycles. The van der Waals surface area contributed by atoms with Crippen molar-refractivity contribution in [1.82, 2.24) is 10.0 Å². The van der Waals surface area contributed by atoms with E-state index in [0.29, 0.717) is 9.54 Å². The molecule has 9 heteroatoms. The fourth-order valence-corrected chi connectivity index (χ4v) is 2.85. The van der Waals surface area contributed by atoms with Crippen LogP contribution in [0.5, 0.6) is 0 Å². The van der Waals surface area contributed by atoms with Gasteiger partial charge in [-0.05, 0) is 23.3 Å². The van der Waals surface area contributed by atoms with Gasteiger partial charge in [0.15, 0.2) is 5.62 Å². The van der Waals surface area contributed by atoms with Crippen molar-refractivity contribution in [3.8, 4) is 0 Å². The number of hydrogen-bond acceptors (Lipinski definition) is 4. The molecule has 2 N–H and O–H groups in total. The van der Waals surface area contributed by atoms with E-state index in [1.807, 2.05) is 0 Å². The Morgan fingerprint density at radius 2 is 2.18 bits per heavy atom. The maximum absolute atomic E-state index is 14.8. The molecule has 22 heavy (non-hydrogen) atoms. The SMILES string of the molecule is ON1Cc2c(F)cc(Br)cc2B(F)C1(O)c1[c-]cccn1.[W]. The Hall–Kier alpha value is -0.657. The number of pyridine rings is 1. The first kappa shape index (κ1) is 17.7. The van der Waals surface area contributed by atoms with Crippen LogP contribution in [0.25, 0.3) is 0 Å². The van der Waals surface area contributed by atoms with Gasteiger partial charge in [0.2, 0.25) is 0 Å². The van der Waals surface area contributed by atoms with Gasteiger partial charge in [-0.25, -0.2) is 16.5 Å². The minimum absolute atomic E-state index is 0. The summed E-state index contributed by atoms with van der Waals surface area (Å²) in [6.45, 7) is -2.44. The number of benzene rings is 1. The van der Waals surface area contributed by atoms with Crippen LogP contribution in [-0.4, -0.2) is 27.4 Å². The number of rotatable bonds is 1. The first-order valence-corrected chi connectivity index (χ1v) is 6.88. The Kier molecular flexibility index (Phi) is 5.19. The van der Waals surface area contributed by atoms with E-state index in [1.165, 1.54) is 24.4 Å². The summed E-state index contributed by atoms with van der Waals surface area (Å²) in [7, 11) is 0. The van der Waals surface area contributed by atoms with Crippen LogP contribution < -0.4 is 5.46 Å².